The second kappa shape index (κ2) is 16.4. The van der Waals surface area contributed by atoms with Gasteiger partial charge in [0.25, 0.3) is 5.91 Å². The number of likely N-dealkylation sites (tertiary alicyclic amines) is 1. The third-order valence-electron chi connectivity index (χ3n) is 10.8. The lowest BCUT2D eigenvalue weighted by Gasteiger charge is -2.36. The van der Waals surface area contributed by atoms with E-state index in [1.165, 1.54) is 39.0 Å². The first-order chi connectivity index (χ1) is 24.7. The monoisotopic (exact) mass is 743 g/mol. The number of nitrogens with zero attached hydrogens (tertiary/aromatic N) is 2. The fourth-order valence-electron chi connectivity index (χ4n) is 7.69. The van der Waals surface area contributed by atoms with Crippen LogP contribution in [0.1, 0.15) is 103 Å². The molecule has 2 saturated carbocycles. The Morgan fingerprint density at radius 3 is 2.25 bits per heavy atom. The summed E-state index contributed by atoms with van der Waals surface area (Å²) in [5.41, 5.74) is -0.717. The number of hydrogen-bond donors (Lipinski definition) is 3. The summed E-state index contributed by atoms with van der Waals surface area (Å²) in [7, 11) is 4.39. The Kier molecular flexibility index (Phi) is 12.4. The maximum atomic E-state index is 14.7. The number of hydrogen-bond acceptors (Lipinski definition) is 9. The molecule has 2 aliphatic carbocycles. The number of ketones is 1. The van der Waals surface area contributed by atoms with E-state index in [2.05, 4.69) is 21.1 Å². The molecule has 1 saturated heterocycles. The first-order valence-corrected chi connectivity index (χ1v) is 18.9. The van der Waals surface area contributed by atoms with E-state index in [-0.39, 0.29) is 37.1 Å². The summed E-state index contributed by atoms with van der Waals surface area (Å²) < 4.78 is 11.0. The van der Waals surface area contributed by atoms with Crippen molar-refractivity contribution in [3.05, 3.63) is 22.7 Å². The molecule has 13 nitrogen and oxygen atoms in total. The predicted octanol–water partition coefficient (Wildman–Crippen LogP) is 4.31. The maximum Gasteiger partial charge on any atom is 0.289 e. The lowest BCUT2D eigenvalue weighted by Crippen LogP contribution is -2.59. The normalized spacial score (nSPS) is 23.2. The van der Waals surface area contributed by atoms with Crippen LogP contribution in [-0.4, -0.2) is 91.6 Å². The van der Waals surface area contributed by atoms with E-state index in [4.69, 9.17) is 25.9 Å². The van der Waals surface area contributed by atoms with E-state index in [1.807, 2.05) is 20.8 Å². The van der Waals surface area contributed by atoms with Crippen molar-refractivity contribution in [1.82, 2.24) is 20.9 Å². The number of Topliss-reactive ketones (excluding diaryl/α,β-unsaturated/α-hetero) is 1. The number of carbonyl (C=O) groups is 5. The molecule has 1 aromatic rings. The molecule has 52 heavy (non-hydrogen) atoms. The van der Waals surface area contributed by atoms with Gasteiger partial charge in [0.15, 0.2) is 5.60 Å². The van der Waals surface area contributed by atoms with E-state index in [1.54, 1.807) is 12.1 Å². The van der Waals surface area contributed by atoms with Gasteiger partial charge in [-0.15, -0.1) is 0 Å². The van der Waals surface area contributed by atoms with Crippen molar-refractivity contribution in [3.63, 3.8) is 0 Å². The molecule has 0 bridgehead atoms. The summed E-state index contributed by atoms with van der Waals surface area (Å²) in [6.45, 7) is 5.63. The van der Waals surface area contributed by atoms with Crippen LogP contribution in [-0.2, 0) is 28.8 Å². The van der Waals surface area contributed by atoms with Crippen molar-refractivity contribution < 1.29 is 38.3 Å². The fraction of sp³-hybridized carbons (Fsp3) is 0.684. The van der Waals surface area contributed by atoms with Crippen molar-refractivity contribution in [2.24, 2.45) is 22.4 Å². The highest BCUT2D eigenvalue weighted by molar-refractivity contribution is 6.38. The van der Waals surface area contributed by atoms with Crippen LogP contribution >= 0.6 is 11.6 Å². The SMILES string of the molecule is CNC(=O)C(=O)[C@H](CC1CC1)NC(=O)[C@@H]1C[C@]2(CC(c3cc(Cl)c(OC)cc3OC)=NO2)CN1C(=O)[C@@H](NC(=O)CC1CCCCCC1)C(C)(C)C. The molecule has 3 N–H and O–H groups in total. The standard InChI is InChI=1S/C38H54ClN5O8/c1-37(2,3)33(42-31(45)16-22-11-9-7-8-10-12-22)36(49)44-21-38(19-27(43-52-38)24-17-25(39)30(51-6)18-29(24)50-5)20-28(44)34(47)41-26(15-23-13-14-23)32(46)35(48)40-4/h17-18,22-23,26,28,33H,7-16,19-21H2,1-6H3,(H,40,48)(H,41,47)(H,42,45)/t26-,28-,33+,38+/m0/s1. The lowest BCUT2D eigenvalue weighted by atomic mass is 9.85. The summed E-state index contributed by atoms with van der Waals surface area (Å²) in [5.74, 6) is -1.37. The summed E-state index contributed by atoms with van der Waals surface area (Å²) >= 11 is 6.48. The molecule has 0 unspecified atom stereocenters. The average molecular weight is 744 g/mol. The zero-order chi connectivity index (χ0) is 37.8. The van der Waals surface area contributed by atoms with Crippen LogP contribution in [0.15, 0.2) is 17.3 Å². The van der Waals surface area contributed by atoms with Gasteiger partial charge in [0.1, 0.15) is 23.6 Å². The molecule has 2 heterocycles. The highest BCUT2D eigenvalue weighted by Gasteiger charge is 2.56. The largest absolute Gasteiger partial charge is 0.496 e. The molecule has 1 spiro atoms. The third kappa shape index (κ3) is 9.19. The Labute approximate surface area is 311 Å². The van der Waals surface area contributed by atoms with Gasteiger partial charge in [0.05, 0.1) is 37.5 Å². The van der Waals surface area contributed by atoms with Gasteiger partial charge in [-0.2, -0.15) is 0 Å². The highest BCUT2D eigenvalue weighted by atomic mass is 35.5. The summed E-state index contributed by atoms with van der Waals surface area (Å²) in [4.78, 5) is 75.6. The Morgan fingerprint density at radius 2 is 1.65 bits per heavy atom. The molecule has 3 fully saturated rings. The zero-order valence-corrected chi connectivity index (χ0v) is 32.0. The van der Waals surface area contributed by atoms with Crippen LogP contribution in [0.5, 0.6) is 11.5 Å². The summed E-state index contributed by atoms with van der Waals surface area (Å²) in [6, 6.07) is 0.253. The third-order valence-corrected chi connectivity index (χ3v) is 11.1. The molecule has 0 radical (unpaired) electrons. The quantitative estimate of drug-likeness (QED) is 0.199. The highest BCUT2D eigenvalue weighted by Crippen LogP contribution is 2.43. The number of halogens is 1. The number of nitrogens with one attached hydrogen (secondary N) is 3. The number of rotatable bonds is 13. The van der Waals surface area contributed by atoms with Crippen LogP contribution in [0.25, 0.3) is 0 Å². The molecular weight excluding hydrogens is 690 g/mol. The molecule has 0 aromatic heterocycles. The Bertz CT molecular complexity index is 1560. The minimum atomic E-state index is -1.10. The Balaban J connectivity index is 1.43. The molecule has 5 rings (SSSR count). The molecule has 286 valence electrons. The van der Waals surface area contributed by atoms with Crippen LogP contribution in [0.2, 0.25) is 5.02 Å². The van der Waals surface area contributed by atoms with E-state index < -0.39 is 52.6 Å². The molecule has 4 aliphatic rings. The van der Waals surface area contributed by atoms with Gasteiger partial charge in [-0.25, -0.2) is 0 Å². The number of ether oxygens (including phenoxy) is 2. The van der Waals surface area contributed by atoms with Gasteiger partial charge >= 0.3 is 0 Å². The second-order valence-corrected chi connectivity index (χ2v) is 16.4. The van der Waals surface area contributed by atoms with Gasteiger partial charge < -0.3 is 35.2 Å². The minimum Gasteiger partial charge on any atom is -0.496 e. The van der Waals surface area contributed by atoms with Crippen molar-refractivity contribution in [2.75, 3.05) is 27.8 Å². The van der Waals surface area contributed by atoms with Crippen LogP contribution in [0.3, 0.4) is 0 Å². The topological polar surface area (TPSA) is 165 Å². The molecular formula is C38H54ClN5O8. The zero-order valence-electron chi connectivity index (χ0n) is 31.3. The number of oxime groups is 1. The first-order valence-electron chi connectivity index (χ1n) is 18.5. The first kappa shape index (κ1) is 39.3. The van der Waals surface area contributed by atoms with Crippen molar-refractivity contribution in [3.8, 4) is 11.5 Å². The van der Waals surface area contributed by atoms with Crippen LogP contribution in [0, 0.1) is 17.3 Å². The number of likely N-dealkylation sites (N-methyl/N-ethyl adjacent to an activating group) is 1. The van der Waals surface area contributed by atoms with Crippen molar-refractivity contribution >= 4 is 46.7 Å². The smallest absolute Gasteiger partial charge is 0.289 e. The molecule has 4 atom stereocenters. The molecule has 4 amide bonds. The lowest BCUT2D eigenvalue weighted by molar-refractivity contribution is -0.145. The van der Waals surface area contributed by atoms with E-state index in [9.17, 15) is 24.0 Å². The molecule has 14 heteroatoms. The fourth-order valence-corrected chi connectivity index (χ4v) is 7.93. The Hall–Kier alpha value is -3.87. The predicted molar refractivity (Wildman–Crippen MR) is 195 cm³/mol. The Morgan fingerprint density at radius 1 is 0.981 bits per heavy atom. The maximum absolute atomic E-state index is 14.7. The minimum absolute atomic E-state index is 0.00905. The van der Waals surface area contributed by atoms with Crippen molar-refractivity contribution in [2.45, 2.75) is 122 Å². The molecule has 1 aromatic carbocycles. The van der Waals surface area contributed by atoms with E-state index in [0.717, 1.165) is 38.5 Å². The van der Waals surface area contributed by atoms with E-state index >= 15 is 0 Å². The average Bonchev–Trinajstić information content (AvgIpc) is 3.80. The summed E-state index contributed by atoms with van der Waals surface area (Å²) in [5, 5.41) is 13.0. The van der Waals surface area contributed by atoms with Crippen molar-refractivity contribution in [1.29, 1.82) is 0 Å². The van der Waals surface area contributed by atoms with Gasteiger partial charge in [0, 0.05) is 37.9 Å². The van der Waals surface area contributed by atoms with Gasteiger partial charge in [-0.1, -0.05) is 76.1 Å². The molecule has 2 aliphatic heterocycles. The van der Waals surface area contributed by atoms with E-state index in [0.29, 0.717) is 40.6 Å². The second-order valence-electron chi connectivity index (χ2n) is 16.0. The van der Waals surface area contributed by atoms with Gasteiger partial charge in [-0.3, -0.25) is 24.0 Å². The number of benzene rings is 1. The number of carbonyl (C=O) groups excluding carboxylic acids is 5. The van der Waals surface area contributed by atoms with Crippen LogP contribution in [0.4, 0.5) is 0 Å². The van der Waals surface area contributed by atoms with Crippen LogP contribution < -0.4 is 25.4 Å². The summed E-state index contributed by atoms with van der Waals surface area (Å²) in [6.07, 6.45) is 9.25. The number of methoxy groups -OCH3 is 2. The number of amides is 4. The van der Waals surface area contributed by atoms with Gasteiger partial charge in [-0.05, 0) is 42.6 Å². The van der Waals surface area contributed by atoms with Gasteiger partial charge in [0.2, 0.25) is 23.5 Å².